The Morgan fingerprint density at radius 2 is 2.17 bits per heavy atom. The maximum atomic E-state index is 12.9. The number of pyridine rings is 1. The largest absolute Gasteiger partial charge is 0.465 e. The van der Waals surface area contributed by atoms with E-state index in [9.17, 15) is 18.0 Å². The number of aromatic nitrogens is 1. The van der Waals surface area contributed by atoms with Crippen molar-refractivity contribution in [1.29, 1.82) is 5.26 Å². The van der Waals surface area contributed by atoms with E-state index in [-0.39, 0.29) is 21.9 Å². The number of thioether (sulfide) groups is 1. The molecule has 0 aliphatic rings. The van der Waals surface area contributed by atoms with Gasteiger partial charge in [-0.25, -0.2) is 9.78 Å². The molecule has 0 fully saturated rings. The first-order valence-corrected chi connectivity index (χ1v) is 8.40. The van der Waals surface area contributed by atoms with Crippen molar-refractivity contribution in [1.82, 2.24) is 4.98 Å². The van der Waals surface area contributed by atoms with Crippen LogP contribution in [0.5, 0.6) is 0 Å². The van der Waals surface area contributed by atoms with Gasteiger partial charge in [-0.1, -0.05) is 0 Å². The lowest BCUT2D eigenvalue weighted by Gasteiger charge is -2.11. The number of rotatable bonds is 4. The van der Waals surface area contributed by atoms with Crippen LogP contribution in [0.1, 0.15) is 32.1 Å². The SMILES string of the molecule is COC(=O)c1cc(CSc2nc(C(F)(F)F)cc(C)c2C#N)cs1. The van der Waals surface area contributed by atoms with E-state index < -0.39 is 17.8 Å². The van der Waals surface area contributed by atoms with E-state index in [0.717, 1.165) is 23.4 Å². The van der Waals surface area contributed by atoms with Gasteiger partial charge in [0.15, 0.2) is 0 Å². The van der Waals surface area contributed by atoms with Gasteiger partial charge in [0.25, 0.3) is 0 Å². The van der Waals surface area contributed by atoms with Gasteiger partial charge >= 0.3 is 12.1 Å². The van der Waals surface area contributed by atoms with E-state index in [1.165, 1.54) is 25.4 Å². The molecule has 126 valence electrons. The van der Waals surface area contributed by atoms with E-state index in [1.807, 2.05) is 6.07 Å². The highest BCUT2D eigenvalue weighted by molar-refractivity contribution is 7.98. The minimum atomic E-state index is -4.57. The van der Waals surface area contributed by atoms with E-state index >= 15 is 0 Å². The third kappa shape index (κ3) is 4.07. The van der Waals surface area contributed by atoms with Crippen LogP contribution >= 0.6 is 23.1 Å². The fourth-order valence-electron chi connectivity index (χ4n) is 1.84. The third-order valence-electron chi connectivity index (χ3n) is 3.00. The van der Waals surface area contributed by atoms with Gasteiger partial charge < -0.3 is 4.74 Å². The zero-order chi connectivity index (χ0) is 17.9. The van der Waals surface area contributed by atoms with Crippen LogP contribution in [0, 0.1) is 18.3 Å². The molecule has 0 amide bonds. The predicted octanol–water partition coefficient (Wildman–Crippen LogP) is 4.42. The summed E-state index contributed by atoms with van der Waals surface area (Å²) in [5.74, 6) is -0.183. The van der Waals surface area contributed by atoms with Gasteiger partial charge in [-0.3, -0.25) is 0 Å². The van der Waals surface area contributed by atoms with E-state index in [0.29, 0.717) is 4.88 Å². The minimum absolute atomic E-state index is 0.0237. The van der Waals surface area contributed by atoms with Crippen LogP contribution in [-0.4, -0.2) is 18.1 Å². The van der Waals surface area contributed by atoms with Gasteiger partial charge in [-0.2, -0.15) is 18.4 Å². The molecule has 0 N–H and O–H groups in total. The summed E-state index contributed by atoms with van der Waals surface area (Å²) < 4.78 is 43.2. The summed E-state index contributed by atoms with van der Waals surface area (Å²) in [7, 11) is 1.27. The molecule has 0 aliphatic heterocycles. The predicted molar refractivity (Wildman–Crippen MR) is 83.9 cm³/mol. The molecule has 2 aromatic rings. The summed E-state index contributed by atoms with van der Waals surface area (Å²) in [5, 5.41) is 10.9. The standard InChI is InChI=1S/C15H11F3N2O2S2/c1-8-3-12(15(16,17)18)20-13(10(8)5-19)24-7-9-4-11(23-6-9)14(21)22-2/h3-4,6H,7H2,1-2H3. The maximum Gasteiger partial charge on any atom is 0.433 e. The van der Waals surface area contributed by atoms with Gasteiger partial charge in [0.2, 0.25) is 0 Å². The molecule has 0 spiro atoms. The first-order valence-electron chi connectivity index (χ1n) is 6.53. The molecule has 4 nitrogen and oxygen atoms in total. The number of carbonyl (C=O) groups is 1. The summed E-state index contributed by atoms with van der Waals surface area (Å²) in [6, 6.07) is 4.36. The Bertz CT molecular complexity index is 810. The summed E-state index contributed by atoms with van der Waals surface area (Å²) in [5.41, 5.74) is 0.0625. The smallest absolute Gasteiger partial charge is 0.433 e. The van der Waals surface area contributed by atoms with Crippen molar-refractivity contribution in [2.24, 2.45) is 0 Å². The summed E-state index contributed by atoms with van der Waals surface area (Å²) in [4.78, 5) is 15.4. The molecule has 24 heavy (non-hydrogen) atoms. The molecule has 9 heteroatoms. The molecule has 0 atom stereocenters. The Kier molecular flexibility index (Phi) is 5.51. The Morgan fingerprint density at radius 1 is 1.46 bits per heavy atom. The lowest BCUT2D eigenvalue weighted by atomic mass is 10.1. The molecule has 0 saturated carbocycles. The molecule has 0 bridgehead atoms. The highest BCUT2D eigenvalue weighted by Gasteiger charge is 2.33. The van der Waals surface area contributed by atoms with Crippen LogP contribution in [0.3, 0.4) is 0 Å². The van der Waals surface area contributed by atoms with Crippen LogP contribution in [-0.2, 0) is 16.7 Å². The zero-order valence-corrected chi connectivity index (χ0v) is 14.2. The summed E-state index contributed by atoms with van der Waals surface area (Å²) in [6.45, 7) is 1.44. The second-order valence-electron chi connectivity index (χ2n) is 4.71. The highest BCUT2D eigenvalue weighted by Crippen LogP contribution is 2.34. The Balaban J connectivity index is 2.26. The molecule has 0 aliphatic carbocycles. The lowest BCUT2D eigenvalue weighted by Crippen LogP contribution is -2.10. The van der Waals surface area contributed by atoms with Crippen molar-refractivity contribution in [3.63, 3.8) is 0 Å². The number of methoxy groups -OCH3 is 1. The normalized spacial score (nSPS) is 11.2. The fraction of sp³-hybridized carbons (Fsp3) is 0.267. The van der Waals surface area contributed by atoms with Crippen LogP contribution in [0.4, 0.5) is 13.2 Å². The second-order valence-corrected chi connectivity index (χ2v) is 6.59. The molecular weight excluding hydrogens is 361 g/mol. The Labute approximate surface area is 144 Å². The van der Waals surface area contributed by atoms with Crippen molar-refractivity contribution in [2.45, 2.75) is 23.9 Å². The number of ether oxygens (including phenoxy) is 1. The fourth-order valence-corrected chi connectivity index (χ4v) is 3.76. The van der Waals surface area contributed by atoms with Crippen molar-refractivity contribution in [3.8, 4) is 6.07 Å². The summed E-state index contributed by atoms with van der Waals surface area (Å²) in [6.07, 6.45) is -4.57. The highest BCUT2D eigenvalue weighted by atomic mass is 32.2. The van der Waals surface area contributed by atoms with Crippen molar-refractivity contribution in [2.75, 3.05) is 7.11 Å². The quantitative estimate of drug-likeness (QED) is 0.587. The molecule has 0 aromatic carbocycles. The first kappa shape index (κ1) is 18.3. The number of aryl methyl sites for hydroxylation is 1. The van der Waals surface area contributed by atoms with Gasteiger partial charge in [0, 0.05) is 5.75 Å². The minimum Gasteiger partial charge on any atom is -0.465 e. The molecule has 0 radical (unpaired) electrons. The zero-order valence-electron chi connectivity index (χ0n) is 12.6. The number of alkyl halides is 3. The maximum absolute atomic E-state index is 12.9. The number of carbonyl (C=O) groups excluding carboxylic acids is 1. The molecule has 0 saturated heterocycles. The molecule has 2 heterocycles. The van der Waals surface area contributed by atoms with Crippen molar-refractivity contribution in [3.05, 3.63) is 44.8 Å². The van der Waals surface area contributed by atoms with Crippen molar-refractivity contribution >= 4 is 29.1 Å². The Hall–Kier alpha value is -2.05. The number of halogens is 3. The average molecular weight is 372 g/mol. The van der Waals surface area contributed by atoms with Gasteiger partial charge in [0.05, 0.1) is 12.7 Å². The number of hydrogen-bond donors (Lipinski definition) is 0. The van der Waals surface area contributed by atoms with Crippen molar-refractivity contribution < 1.29 is 22.7 Å². The third-order valence-corrected chi connectivity index (χ3v) is 5.01. The first-order chi connectivity index (χ1) is 11.3. The Morgan fingerprint density at radius 3 is 2.75 bits per heavy atom. The number of thiophene rings is 1. The van der Waals surface area contributed by atoms with Crippen LogP contribution < -0.4 is 0 Å². The van der Waals surface area contributed by atoms with Crippen LogP contribution in [0.2, 0.25) is 0 Å². The van der Waals surface area contributed by atoms with Crippen LogP contribution in [0.15, 0.2) is 22.5 Å². The molecule has 0 unspecified atom stereocenters. The summed E-state index contributed by atoms with van der Waals surface area (Å²) >= 11 is 2.21. The van der Waals surface area contributed by atoms with E-state index in [4.69, 9.17) is 5.26 Å². The van der Waals surface area contributed by atoms with Gasteiger partial charge in [-0.15, -0.1) is 23.1 Å². The second kappa shape index (κ2) is 7.23. The van der Waals surface area contributed by atoms with E-state index in [2.05, 4.69) is 9.72 Å². The monoisotopic (exact) mass is 372 g/mol. The molecule has 2 rings (SSSR count). The molecule has 2 aromatic heterocycles. The number of hydrogen-bond acceptors (Lipinski definition) is 6. The van der Waals surface area contributed by atoms with Gasteiger partial charge in [-0.05, 0) is 35.6 Å². The topological polar surface area (TPSA) is 63.0 Å². The number of nitrogens with zero attached hydrogens (tertiary/aromatic N) is 2. The number of nitriles is 1. The molecular formula is C15H11F3N2O2S2. The average Bonchev–Trinajstić information content (AvgIpc) is 2.99. The van der Waals surface area contributed by atoms with E-state index in [1.54, 1.807) is 11.4 Å². The number of esters is 1. The van der Waals surface area contributed by atoms with Gasteiger partial charge in [0.1, 0.15) is 21.7 Å². The van der Waals surface area contributed by atoms with Crippen LogP contribution in [0.25, 0.3) is 0 Å². The lowest BCUT2D eigenvalue weighted by molar-refractivity contribution is -0.141.